The minimum absolute atomic E-state index is 0.487. The Morgan fingerprint density at radius 1 is 1.00 bits per heavy atom. The van der Waals surface area contributed by atoms with E-state index in [0.717, 1.165) is 30.6 Å². The molecule has 0 radical (unpaired) electrons. The second kappa shape index (κ2) is 7.36. The van der Waals surface area contributed by atoms with Gasteiger partial charge in [-0.15, -0.1) is 0 Å². The van der Waals surface area contributed by atoms with Crippen LogP contribution < -0.4 is 0 Å². The van der Waals surface area contributed by atoms with E-state index in [0.29, 0.717) is 5.92 Å². The number of benzene rings is 1. The molecule has 0 amide bonds. The van der Waals surface area contributed by atoms with Gasteiger partial charge in [0.05, 0.1) is 13.2 Å². The quantitative estimate of drug-likeness (QED) is 0.718. The summed E-state index contributed by atoms with van der Waals surface area (Å²) in [6.45, 7) is 8.07. The van der Waals surface area contributed by atoms with Gasteiger partial charge >= 0.3 is 0 Å². The molecule has 0 aromatic heterocycles. The Bertz CT molecular complexity index is 477. The van der Waals surface area contributed by atoms with Crippen molar-refractivity contribution in [3.63, 3.8) is 0 Å². The topological polar surface area (TPSA) is 18.5 Å². The Morgan fingerprint density at radius 3 is 2.17 bits per heavy atom. The van der Waals surface area contributed by atoms with Crippen molar-refractivity contribution in [3.8, 4) is 0 Å². The first-order valence-corrected chi connectivity index (χ1v) is 9.49. The van der Waals surface area contributed by atoms with Crippen molar-refractivity contribution in [2.75, 3.05) is 13.2 Å². The van der Waals surface area contributed by atoms with E-state index >= 15 is 0 Å². The zero-order valence-corrected chi connectivity index (χ0v) is 15.0. The van der Waals surface area contributed by atoms with Gasteiger partial charge in [0.1, 0.15) is 0 Å². The van der Waals surface area contributed by atoms with Crippen LogP contribution in [0.3, 0.4) is 0 Å². The third-order valence-electron chi connectivity index (χ3n) is 5.74. The predicted molar refractivity (Wildman–Crippen MR) is 94.5 cm³/mol. The molecule has 23 heavy (non-hydrogen) atoms. The minimum Gasteiger partial charge on any atom is -0.346 e. The Kier molecular flexibility index (Phi) is 5.43. The second-order valence-corrected chi connectivity index (χ2v) is 7.80. The Morgan fingerprint density at radius 2 is 1.61 bits per heavy atom. The molecule has 1 aliphatic heterocycles. The van der Waals surface area contributed by atoms with Crippen LogP contribution >= 0.6 is 0 Å². The summed E-state index contributed by atoms with van der Waals surface area (Å²) in [5.74, 6) is 1.64. The summed E-state index contributed by atoms with van der Waals surface area (Å²) in [5, 5.41) is 0. The van der Waals surface area contributed by atoms with Crippen molar-refractivity contribution in [1.29, 1.82) is 0 Å². The van der Waals surface area contributed by atoms with Gasteiger partial charge in [0.2, 0.25) is 0 Å². The molecule has 0 unspecified atom stereocenters. The summed E-state index contributed by atoms with van der Waals surface area (Å²) in [6, 6.07) is 9.03. The molecule has 2 fully saturated rings. The number of rotatable bonds is 4. The van der Waals surface area contributed by atoms with Crippen LogP contribution in [-0.4, -0.2) is 13.2 Å². The predicted octanol–water partition coefficient (Wildman–Crippen LogP) is 5.62. The molecule has 0 bridgehead atoms. The average Bonchev–Trinajstić information content (AvgIpc) is 2.59. The van der Waals surface area contributed by atoms with E-state index < -0.39 is 5.79 Å². The van der Waals surface area contributed by atoms with E-state index in [1.807, 2.05) is 6.92 Å². The molecule has 2 heteroatoms. The summed E-state index contributed by atoms with van der Waals surface area (Å²) in [7, 11) is 0. The van der Waals surface area contributed by atoms with E-state index in [-0.39, 0.29) is 0 Å². The van der Waals surface area contributed by atoms with Gasteiger partial charge in [0.25, 0.3) is 0 Å². The maximum Gasteiger partial charge on any atom is 0.191 e. The van der Waals surface area contributed by atoms with Crippen LogP contribution in [0.2, 0.25) is 0 Å². The highest BCUT2D eigenvalue weighted by molar-refractivity contribution is 5.28. The third-order valence-corrected chi connectivity index (χ3v) is 5.74. The standard InChI is InChI=1S/C21H32O2/c1-4-5-17-6-8-18(9-7-17)19-10-12-20(13-11-19)21(3)22-14-16(2)15-23-21/h10-13,16-18H,4-9,14-15H2,1-3H3/t16-,17-,18-,21-. The maximum atomic E-state index is 5.97. The van der Waals surface area contributed by atoms with Crippen LogP contribution in [0.5, 0.6) is 0 Å². The van der Waals surface area contributed by atoms with E-state index in [9.17, 15) is 0 Å². The molecule has 1 aliphatic carbocycles. The lowest BCUT2D eigenvalue weighted by Crippen LogP contribution is -2.38. The van der Waals surface area contributed by atoms with Crippen molar-refractivity contribution >= 4 is 0 Å². The lowest BCUT2D eigenvalue weighted by Gasteiger charge is -2.37. The van der Waals surface area contributed by atoms with Gasteiger partial charge in [0.15, 0.2) is 5.79 Å². The molecule has 128 valence electrons. The van der Waals surface area contributed by atoms with Gasteiger partial charge in [-0.3, -0.25) is 0 Å². The zero-order chi connectivity index (χ0) is 16.3. The zero-order valence-electron chi connectivity index (χ0n) is 15.0. The number of hydrogen-bond donors (Lipinski definition) is 0. The Balaban J connectivity index is 1.61. The van der Waals surface area contributed by atoms with Crippen LogP contribution in [0.1, 0.15) is 76.3 Å². The van der Waals surface area contributed by atoms with E-state index in [2.05, 4.69) is 38.1 Å². The fraction of sp³-hybridized carbons (Fsp3) is 0.714. The smallest absolute Gasteiger partial charge is 0.191 e. The Labute approximate surface area is 141 Å². The molecule has 3 rings (SSSR count). The maximum absolute atomic E-state index is 5.97. The fourth-order valence-corrected chi connectivity index (χ4v) is 4.11. The van der Waals surface area contributed by atoms with E-state index in [1.54, 1.807) is 0 Å². The van der Waals surface area contributed by atoms with Crippen LogP contribution in [0.4, 0.5) is 0 Å². The average molecular weight is 316 g/mol. The molecule has 2 nitrogen and oxygen atoms in total. The molecule has 1 saturated heterocycles. The van der Waals surface area contributed by atoms with Gasteiger partial charge in [-0.2, -0.15) is 0 Å². The summed E-state index contributed by atoms with van der Waals surface area (Å²) in [4.78, 5) is 0. The summed E-state index contributed by atoms with van der Waals surface area (Å²) >= 11 is 0. The second-order valence-electron chi connectivity index (χ2n) is 7.80. The third kappa shape index (κ3) is 3.97. The molecule has 1 aromatic rings. The van der Waals surface area contributed by atoms with Crippen molar-refractivity contribution in [3.05, 3.63) is 35.4 Å². The molecule has 1 heterocycles. The van der Waals surface area contributed by atoms with Gasteiger partial charge in [0, 0.05) is 11.5 Å². The van der Waals surface area contributed by atoms with E-state index in [1.165, 1.54) is 44.1 Å². The fourth-order valence-electron chi connectivity index (χ4n) is 4.11. The van der Waals surface area contributed by atoms with Gasteiger partial charge in [-0.05, 0) is 50.0 Å². The highest BCUT2D eigenvalue weighted by atomic mass is 16.7. The molecule has 0 N–H and O–H groups in total. The van der Waals surface area contributed by atoms with Crippen molar-refractivity contribution in [2.45, 2.75) is 71.0 Å². The molecule has 1 aromatic carbocycles. The van der Waals surface area contributed by atoms with Crippen LogP contribution in [-0.2, 0) is 15.3 Å². The van der Waals surface area contributed by atoms with Crippen molar-refractivity contribution < 1.29 is 9.47 Å². The van der Waals surface area contributed by atoms with Gasteiger partial charge < -0.3 is 9.47 Å². The highest BCUT2D eigenvalue weighted by Gasteiger charge is 2.33. The SMILES string of the molecule is CCC[C@H]1CC[C@H](c2ccc([C@]3(C)OC[C@@H](C)CO3)cc2)CC1. The van der Waals surface area contributed by atoms with Crippen LogP contribution in [0.25, 0.3) is 0 Å². The van der Waals surface area contributed by atoms with E-state index in [4.69, 9.17) is 9.47 Å². The largest absolute Gasteiger partial charge is 0.346 e. The summed E-state index contributed by atoms with van der Waals surface area (Å²) in [6.07, 6.45) is 8.26. The summed E-state index contributed by atoms with van der Waals surface area (Å²) in [5.41, 5.74) is 2.64. The van der Waals surface area contributed by atoms with Crippen LogP contribution in [0.15, 0.2) is 24.3 Å². The molecular formula is C21H32O2. The first kappa shape index (κ1) is 17.0. The minimum atomic E-state index is -0.566. The first-order valence-electron chi connectivity index (χ1n) is 9.49. The molecule has 2 aliphatic rings. The summed E-state index contributed by atoms with van der Waals surface area (Å²) < 4.78 is 11.9. The van der Waals surface area contributed by atoms with Crippen molar-refractivity contribution in [1.82, 2.24) is 0 Å². The lowest BCUT2D eigenvalue weighted by atomic mass is 9.77. The van der Waals surface area contributed by atoms with Gasteiger partial charge in [-0.25, -0.2) is 0 Å². The van der Waals surface area contributed by atoms with Crippen LogP contribution in [0, 0.1) is 11.8 Å². The molecule has 0 atom stereocenters. The molecular weight excluding hydrogens is 284 g/mol. The lowest BCUT2D eigenvalue weighted by molar-refractivity contribution is -0.279. The van der Waals surface area contributed by atoms with Crippen molar-refractivity contribution in [2.24, 2.45) is 11.8 Å². The van der Waals surface area contributed by atoms with Gasteiger partial charge in [-0.1, -0.05) is 51.0 Å². The normalized spacial score (nSPS) is 35.2. The number of hydrogen-bond acceptors (Lipinski definition) is 2. The Hall–Kier alpha value is -0.860. The molecule has 1 saturated carbocycles. The monoisotopic (exact) mass is 316 g/mol. The number of ether oxygens (including phenoxy) is 2. The molecule has 0 spiro atoms. The first-order chi connectivity index (χ1) is 11.1. The highest BCUT2D eigenvalue weighted by Crippen LogP contribution is 2.38.